The summed E-state index contributed by atoms with van der Waals surface area (Å²) < 4.78 is 4.75. The number of primary amides is 1. The first-order valence-corrected chi connectivity index (χ1v) is 4.75. The number of aliphatic hydroxyl groups excluding tert-OH is 3. The average Bonchev–Trinajstić information content (AvgIpc) is 1.99. The molecule has 3 unspecified atom stereocenters. The van der Waals surface area contributed by atoms with Crippen molar-refractivity contribution in [3.63, 3.8) is 0 Å². The van der Waals surface area contributed by atoms with E-state index in [9.17, 15) is 20.1 Å². The molecule has 0 aromatic heterocycles. The number of hydrogen-bond donors (Lipinski definition) is 4. The standard InChI is InChI=1S/C9H19NO5/c1-5(11)4-9(6(2)12,7(3)13)15-8(10)14/h5-7,11-13H,4H2,1-3H3,(H2,10,14). The van der Waals surface area contributed by atoms with Crippen LogP contribution in [0.25, 0.3) is 0 Å². The van der Waals surface area contributed by atoms with E-state index in [1.807, 2.05) is 0 Å². The van der Waals surface area contributed by atoms with E-state index < -0.39 is 30.0 Å². The summed E-state index contributed by atoms with van der Waals surface area (Å²) in [6.45, 7) is 4.18. The summed E-state index contributed by atoms with van der Waals surface area (Å²) in [5.41, 5.74) is 3.30. The molecule has 6 heteroatoms. The molecule has 0 rings (SSSR count). The molecule has 0 aliphatic rings. The minimum Gasteiger partial charge on any atom is -0.437 e. The molecule has 0 saturated heterocycles. The third-order valence-corrected chi connectivity index (χ3v) is 2.32. The Labute approximate surface area is 88.7 Å². The molecule has 1 amide bonds. The lowest BCUT2D eigenvalue weighted by Gasteiger charge is -2.38. The Balaban J connectivity index is 4.98. The van der Waals surface area contributed by atoms with Gasteiger partial charge in [0.1, 0.15) is 0 Å². The molecular formula is C9H19NO5. The van der Waals surface area contributed by atoms with Gasteiger partial charge in [-0.25, -0.2) is 4.79 Å². The van der Waals surface area contributed by atoms with Crippen LogP contribution in [-0.4, -0.2) is 45.3 Å². The molecule has 3 atom stereocenters. The number of nitrogens with two attached hydrogens (primary N) is 1. The van der Waals surface area contributed by atoms with Crippen molar-refractivity contribution in [2.24, 2.45) is 5.73 Å². The van der Waals surface area contributed by atoms with E-state index in [1.165, 1.54) is 20.8 Å². The molecule has 0 aromatic carbocycles. The van der Waals surface area contributed by atoms with E-state index in [-0.39, 0.29) is 6.42 Å². The van der Waals surface area contributed by atoms with Gasteiger partial charge in [-0.05, 0) is 20.8 Å². The first kappa shape index (κ1) is 14.2. The molecule has 90 valence electrons. The van der Waals surface area contributed by atoms with E-state index in [0.717, 1.165) is 0 Å². The fourth-order valence-corrected chi connectivity index (χ4v) is 1.55. The Kier molecular flexibility index (Phi) is 4.99. The molecule has 0 saturated carbocycles. The van der Waals surface area contributed by atoms with Crippen LogP contribution in [0.3, 0.4) is 0 Å². The highest BCUT2D eigenvalue weighted by Gasteiger charge is 2.44. The average molecular weight is 221 g/mol. The predicted octanol–water partition coefficient (Wildman–Crippen LogP) is -0.647. The maximum absolute atomic E-state index is 10.7. The third-order valence-electron chi connectivity index (χ3n) is 2.32. The first-order chi connectivity index (χ1) is 6.72. The first-order valence-electron chi connectivity index (χ1n) is 4.75. The Morgan fingerprint density at radius 3 is 1.87 bits per heavy atom. The number of hydrogen-bond acceptors (Lipinski definition) is 5. The Morgan fingerprint density at radius 2 is 1.67 bits per heavy atom. The molecule has 0 aliphatic heterocycles. The van der Waals surface area contributed by atoms with E-state index in [1.54, 1.807) is 0 Å². The van der Waals surface area contributed by atoms with Crippen LogP contribution in [0, 0.1) is 0 Å². The molecule has 15 heavy (non-hydrogen) atoms. The van der Waals surface area contributed by atoms with Gasteiger partial charge in [-0.3, -0.25) is 0 Å². The summed E-state index contributed by atoms with van der Waals surface area (Å²) in [6, 6.07) is 0. The van der Waals surface area contributed by atoms with Gasteiger partial charge in [-0.2, -0.15) is 0 Å². The number of carbonyl (C=O) groups is 1. The lowest BCUT2D eigenvalue weighted by atomic mass is 9.86. The van der Waals surface area contributed by atoms with Gasteiger partial charge in [0.05, 0.1) is 18.3 Å². The fraction of sp³-hybridized carbons (Fsp3) is 0.889. The summed E-state index contributed by atoms with van der Waals surface area (Å²) in [4.78, 5) is 10.7. The highest BCUT2D eigenvalue weighted by Crippen LogP contribution is 2.27. The van der Waals surface area contributed by atoms with Crippen LogP contribution in [0.4, 0.5) is 4.79 Å². The number of carbonyl (C=O) groups excluding carboxylic acids is 1. The summed E-state index contributed by atoms with van der Waals surface area (Å²) in [5, 5.41) is 28.3. The van der Waals surface area contributed by atoms with Crippen molar-refractivity contribution >= 4 is 6.09 Å². The largest absolute Gasteiger partial charge is 0.437 e. The van der Waals surface area contributed by atoms with Gasteiger partial charge < -0.3 is 25.8 Å². The van der Waals surface area contributed by atoms with Crippen molar-refractivity contribution in [3.05, 3.63) is 0 Å². The van der Waals surface area contributed by atoms with Gasteiger partial charge in [-0.15, -0.1) is 0 Å². The molecule has 0 aliphatic carbocycles. The topological polar surface area (TPSA) is 113 Å². The van der Waals surface area contributed by atoms with E-state index in [0.29, 0.717) is 0 Å². The normalized spacial score (nSPS) is 21.2. The molecule has 0 radical (unpaired) electrons. The molecule has 5 N–H and O–H groups in total. The minimum atomic E-state index is -1.57. The highest BCUT2D eigenvalue weighted by molar-refractivity contribution is 5.65. The van der Waals surface area contributed by atoms with E-state index in [2.05, 4.69) is 0 Å². The number of amides is 1. The number of ether oxygens (including phenoxy) is 1. The SMILES string of the molecule is CC(O)CC(OC(N)=O)(C(C)O)C(C)O. The molecule has 0 spiro atoms. The zero-order valence-electron chi connectivity index (χ0n) is 9.17. The number of aliphatic hydroxyl groups is 3. The van der Waals surface area contributed by atoms with Gasteiger partial charge in [0.2, 0.25) is 0 Å². The second-order valence-corrected chi connectivity index (χ2v) is 3.78. The Morgan fingerprint density at radius 1 is 1.27 bits per heavy atom. The summed E-state index contributed by atoms with van der Waals surface area (Å²) in [5.74, 6) is 0. The van der Waals surface area contributed by atoms with Crippen molar-refractivity contribution in [1.29, 1.82) is 0 Å². The zero-order valence-corrected chi connectivity index (χ0v) is 9.17. The van der Waals surface area contributed by atoms with Crippen LogP contribution < -0.4 is 5.73 Å². The van der Waals surface area contributed by atoms with Crippen molar-refractivity contribution in [2.75, 3.05) is 0 Å². The Hall–Kier alpha value is -0.850. The zero-order chi connectivity index (χ0) is 12.2. The highest BCUT2D eigenvalue weighted by atomic mass is 16.6. The monoisotopic (exact) mass is 221 g/mol. The van der Waals surface area contributed by atoms with Crippen molar-refractivity contribution in [3.8, 4) is 0 Å². The smallest absolute Gasteiger partial charge is 0.405 e. The number of rotatable bonds is 5. The summed E-state index contributed by atoms with van der Waals surface area (Å²) >= 11 is 0. The van der Waals surface area contributed by atoms with Gasteiger partial charge in [0.15, 0.2) is 5.60 Å². The maximum atomic E-state index is 10.7. The summed E-state index contributed by atoms with van der Waals surface area (Å²) in [7, 11) is 0. The van der Waals surface area contributed by atoms with Crippen LogP contribution in [-0.2, 0) is 4.74 Å². The van der Waals surface area contributed by atoms with Crippen molar-refractivity contribution < 1.29 is 24.9 Å². The van der Waals surface area contributed by atoms with E-state index in [4.69, 9.17) is 10.5 Å². The lowest BCUT2D eigenvalue weighted by molar-refractivity contribution is -0.150. The quantitative estimate of drug-likeness (QED) is 0.493. The summed E-state index contributed by atoms with van der Waals surface area (Å²) in [6.07, 6.45) is -4.31. The lowest BCUT2D eigenvalue weighted by Crippen LogP contribution is -2.55. The van der Waals surface area contributed by atoms with Crippen LogP contribution in [0.15, 0.2) is 0 Å². The van der Waals surface area contributed by atoms with Crippen LogP contribution in [0.1, 0.15) is 27.2 Å². The minimum absolute atomic E-state index is 0.0920. The van der Waals surface area contributed by atoms with Gasteiger partial charge in [0, 0.05) is 6.42 Å². The second-order valence-electron chi connectivity index (χ2n) is 3.78. The maximum Gasteiger partial charge on any atom is 0.405 e. The van der Waals surface area contributed by atoms with E-state index >= 15 is 0 Å². The molecule has 6 nitrogen and oxygen atoms in total. The van der Waals surface area contributed by atoms with Gasteiger partial charge in [-0.1, -0.05) is 0 Å². The fourth-order valence-electron chi connectivity index (χ4n) is 1.55. The predicted molar refractivity (Wildman–Crippen MR) is 53.1 cm³/mol. The second kappa shape index (κ2) is 5.29. The van der Waals surface area contributed by atoms with Crippen LogP contribution in [0.2, 0.25) is 0 Å². The molecule has 0 aromatic rings. The van der Waals surface area contributed by atoms with Gasteiger partial charge in [0.25, 0.3) is 0 Å². The van der Waals surface area contributed by atoms with Crippen molar-refractivity contribution in [1.82, 2.24) is 0 Å². The molecule has 0 fully saturated rings. The van der Waals surface area contributed by atoms with Crippen molar-refractivity contribution in [2.45, 2.75) is 51.1 Å². The van der Waals surface area contributed by atoms with Gasteiger partial charge >= 0.3 is 6.09 Å². The Bertz CT molecular complexity index is 207. The molecule has 0 heterocycles. The van der Waals surface area contributed by atoms with Crippen LogP contribution >= 0.6 is 0 Å². The molecular weight excluding hydrogens is 202 g/mol. The molecule has 0 bridgehead atoms. The third kappa shape index (κ3) is 3.65. The van der Waals surface area contributed by atoms with Crippen LogP contribution in [0.5, 0.6) is 0 Å².